The smallest absolute Gasteiger partial charge is 0.176 e. The third-order valence-electron chi connectivity index (χ3n) is 4.93. The maximum atomic E-state index is 10.9. The SMILES string of the molecule is C=CCC[C@H](O)[C@]1(CC=C)CCCCCC12OCCO2. The van der Waals surface area contributed by atoms with Crippen LogP contribution in [0.25, 0.3) is 0 Å². The third-order valence-corrected chi connectivity index (χ3v) is 4.93. The Kier molecular flexibility index (Phi) is 5.42. The molecule has 1 N–H and O–H groups in total. The minimum atomic E-state index is -0.613. The number of allylic oxidation sites excluding steroid dienone is 2. The lowest BCUT2D eigenvalue weighted by Crippen LogP contribution is -2.55. The van der Waals surface area contributed by atoms with Crippen LogP contribution in [0.2, 0.25) is 0 Å². The fourth-order valence-electron chi connectivity index (χ4n) is 3.92. The van der Waals surface area contributed by atoms with E-state index in [2.05, 4.69) is 13.2 Å². The van der Waals surface area contributed by atoms with Crippen molar-refractivity contribution < 1.29 is 14.6 Å². The van der Waals surface area contributed by atoms with Gasteiger partial charge in [0.05, 0.1) is 24.7 Å². The minimum Gasteiger partial charge on any atom is -0.392 e. The van der Waals surface area contributed by atoms with Crippen LogP contribution >= 0.6 is 0 Å². The van der Waals surface area contributed by atoms with E-state index in [1.54, 1.807) is 0 Å². The number of rotatable bonds is 6. The maximum Gasteiger partial charge on any atom is 0.176 e. The molecule has 1 aliphatic heterocycles. The van der Waals surface area contributed by atoms with Gasteiger partial charge in [0, 0.05) is 6.42 Å². The average molecular weight is 280 g/mol. The van der Waals surface area contributed by atoms with Gasteiger partial charge < -0.3 is 14.6 Å². The Morgan fingerprint density at radius 2 is 1.75 bits per heavy atom. The molecule has 1 saturated heterocycles. The quantitative estimate of drug-likeness (QED) is 0.756. The van der Waals surface area contributed by atoms with Crippen LogP contribution in [0, 0.1) is 5.41 Å². The number of ether oxygens (including phenoxy) is 2. The molecule has 0 aromatic heterocycles. The first-order valence-electron chi connectivity index (χ1n) is 7.88. The standard InChI is InChI=1S/C17H28O3/c1-3-5-9-15(18)16(10-4-2)11-7-6-8-12-17(16)19-13-14-20-17/h3-4,15,18H,1-2,5-14H2/t15-,16-/m0/s1. The van der Waals surface area contributed by atoms with Crippen molar-refractivity contribution in [3.8, 4) is 0 Å². The van der Waals surface area contributed by atoms with Gasteiger partial charge >= 0.3 is 0 Å². The van der Waals surface area contributed by atoms with Gasteiger partial charge in [0.25, 0.3) is 0 Å². The van der Waals surface area contributed by atoms with E-state index in [0.29, 0.717) is 19.6 Å². The molecule has 1 aliphatic carbocycles. The second kappa shape index (κ2) is 6.88. The molecule has 1 heterocycles. The highest BCUT2D eigenvalue weighted by Gasteiger charge is 2.58. The molecule has 2 rings (SSSR count). The number of hydrogen-bond acceptors (Lipinski definition) is 3. The van der Waals surface area contributed by atoms with Crippen molar-refractivity contribution in [2.24, 2.45) is 5.41 Å². The predicted octanol–water partition coefficient (Wildman–Crippen LogP) is 3.58. The maximum absolute atomic E-state index is 10.9. The summed E-state index contributed by atoms with van der Waals surface area (Å²) in [7, 11) is 0. The van der Waals surface area contributed by atoms with Crippen molar-refractivity contribution >= 4 is 0 Å². The van der Waals surface area contributed by atoms with E-state index in [1.165, 1.54) is 6.42 Å². The molecule has 20 heavy (non-hydrogen) atoms. The van der Waals surface area contributed by atoms with Gasteiger partial charge in [0.2, 0.25) is 0 Å². The molecule has 114 valence electrons. The van der Waals surface area contributed by atoms with E-state index in [9.17, 15) is 5.11 Å². The summed E-state index contributed by atoms with van der Waals surface area (Å²) in [6.45, 7) is 8.93. The van der Waals surface area contributed by atoms with Crippen LogP contribution in [0.1, 0.15) is 51.4 Å². The van der Waals surface area contributed by atoms with E-state index in [1.807, 2.05) is 12.2 Å². The van der Waals surface area contributed by atoms with Gasteiger partial charge in [-0.1, -0.05) is 25.0 Å². The van der Waals surface area contributed by atoms with Crippen LogP contribution in [0.15, 0.2) is 25.3 Å². The van der Waals surface area contributed by atoms with E-state index in [0.717, 1.165) is 38.5 Å². The third kappa shape index (κ3) is 2.72. The predicted molar refractivity (Wildman–Crippen MR) is 80.4 cm³/mol. The second-order valence-electron chi connectivity index (χ2n) is 6.04. The molecule has 0 aromatic rings. The Balaban J connectivity index is 2.32. The minimum absolute atomic E-state index is 0.356. The summed E-state index contributed by atoms with van der Waals surface area (Å²) in [5.74, 6) is -0.613. The summed E-state index contributed by atoms with van der Waals surface area (Å²) in [6, 6.07) is 0. The van der Waals surface area contributed by atoms with E-state index in [-0.39, 0.29) is 5.41 Å². The Labute approximate surface area is 122 Å². The van der Waals surface area contributed by atoms with E-state index < -0.39 is 11.9 Å². The van der Waals surface area contributed by atoms with Crippen molar-refractivity contribution in [1.82, 2.24) is 0 Å². The van der Waals surface area contributed by atoms with Crippen molar-refractivity contribution in [2.75, 3.05) is 13.2 Å². The zero-order valence-electron chi connectivity index (χ0n) is 12.5. The summed E-state index contributed by atoms with van der Waals surface area (Å²) < 4.78 is 12.2. The first kappa shape index (κ1) is 15.7. The molecule has 2 fully saturated rings. The molecular formula is C17H28O3. The van der Waals surface area contributed by atoms with Crippen molar-refractivity contribution in [3.05, 3.63) is 25.3 Å². The van der Waals surface area contributed by atoms with Gasteiger partial charge in [-0.3, -0.25) is 0 Å². The molecule has 2 aliphatic rings. The largest absolute Gasteiger partial charge is 0.392 e. The molecule has 0 radical (unpaired) electrons. The topological polar surface area (TPSA) is 38.7 Å². The fraction of sp³-hybridized carbons (Fsp3) is 0.765. The normalized spacial score (nSPS) is 30.9. The lowest BCUT2D eigenvalue weighted by Gasteiger charge is -2.48. The summed E-state index contributed by atoms with van der Waals surface area (Å²) in [5.41, 5.74) is -0.356. The molecule has 1 spiro atoms. The first-order valence-corrected chi connectivity index (χ1v) is 7.88. The van der Waals surface area contributed by atoms with Crippen molar-refractivity contribution in [1.29, 1.82) is 0 Å². The van der Waals surface area contributed by atoms with Gasteiger partial charge in [-0.05, 0) is 32.1 Å². The summed E-state index contributed by atoms with van der Waals surface area (Å²) in [6.07, 6.45) is 10.8. The highest BCUT2D eigenvalue weighted by molar-refractivity contribution is 5.05. The van der Waals surface area contributed by atoms with Crippen LogP contribution in [0.4, 0.5) is 0 Å². The lowest BCUT2D eigenvalue weighted by atomic mass is 9.67. The summed E-state index contributed by atoms with van der Waals surface area (Å²) in [4.78, 5) is 0. The highest BCUT2D eigenvalue weighted by atomic mass is 16.7. The molecule has 1 saturated carbocycles. The van der Waals surface area contributed by atoms with Crippen LogP contribution in [0.5, 0.6) is 0 Å². The van der Waals surface area contributed by atoms with Crippen LogP contribution < -0.4 is 0 Å². The Hall–Kier alpha value is -0.640. The molecule has 0 unspecified atom stereocenters. The monoisotopic (exact) mass is 280 g/mol. The molecule has 0 amide bonds. The van der Waals surface area contributed by atoms with Gasteiger partial charge in [0.15, 0.2) is 5.79 Å². The summed E-state index contributed by atoms with van der Waals surface area (Å²) in [5, 5.41) is 10.9. The van der Waals surface area contributed by atoms with Crippen LogP contribution in [-0.2, 0) is 9.47 Å². The van der Waals surface area contributed by atoms with Crippen LogP contribution in [-0.4, -0.2) is 30.2 Å². The lowest BCUT2D eigenvalue weighted by molar-refractivity contribution is -0.268. The van der Waals surface area contributed by atoms with Gasteiger partial charge in [0.1, 0.15) is 0 Å². The molecule has 3 heteroatoms. The molecule has 0 aromatic carbocycles. The molecule has 2 atom stereocenters. The van der Waals surface area contributed by atoms with Crippen molar-refractivity contribution in [2.45, 2.75) is 63.3 Å². The molecule has 3 nitrogen and oxygen atoms in total. The van der Waals surface area contributed by atoms with Gasteiger partial charge in [-0.15, -0.1) is 13.2 Å². The van der Waals surface area contributed by atoms with Crippen molar-refractivity contribution in [3.63, 3.8) is 0 Å². The molecule has 0 bridgehead atoms. The second-order valence-corrected chi connectivity index (χ2v) is 6.04. The van der Waals surface area contributed by atoms with E-state index in [4.69, 9.17) is 9.47 Å². The average Bonchev–Trinajstić information content (AvgIpc) is 2.85. The Morgan fingerprint density at radius 3 is 2.40 bits per heavy atom. The highest BCUT2D eigenvalue weighted by Crippen LogP contribution is 2.53. The zero-order chi connectivity index (χ0) is 14.5. The molecular weight excluding hydrogens is 252 g/mol. The first-order chi connectivity index (χ1) is 9.71. The zero-order valence-corrected chi connectivity index (χ0v) is 12.5. The van der Waals surface area contributed by atoms with E-state index >= 15 is 0 Å². The Morgan fingerprint density at radius 1 is 1.05 bits per heavy atom. The number of aliphatic hydroxyl groups excluding tert-OH is 1. The fourth-order valence-corrected chi connectivity index (χ4v) is 3.92. The van der Waals surface area contributed by atoms with Gasteiger partial charge in [-0.25, -0.2) is 0 Å². The Bertz CT molecular complexity index is 333. The van der Waals surface area contributed by atoms with Crippen LogP contribution in [0.3, 0.4) is 0 Å². The van der Waals surface area contributed by atoms with Gasteiger partial charge in [-0.2, -0.15) is 0 Å². The summed E-state index contributed by atoms with van der Waals surface area (Å²) >= 11 is 0. The number of hydrogen-bond donors (Lipinski definition) is 1. The number of aliphatic hydroxyl groups is 1.